The largest absolute Gasteiger partial charge is 0.466 e. The van der Waals surface area contributed by atoms with E-state index in [-0.39, 0.29) is 5.97 Å². The van der Waals surface area contributed by atoms with Gasteiger partial charge in [-0.2, -0.15) is 0 Å². The molecule has 29 heavy (non-hydrogen) atoms. The van der Waals surface area contributed by atoms with E-state index >= 15 is 0 Å². The SMILES string of the molecule is CCOC(=O)CCCCCCCNC(=NC)NCc1coc(-c2ccccc2)n1. The molecule has 2 aromatic rings. The summed E-state index contributed by atoms with van der Waals surface area (Å²) in [4.78, 5) is 20.0. The van der Waals surface area contributed by atoms with Crippen LogP contribution in [0.15, 0.2) is 46.0 Å². The van der Waals surface area contributed by atoms with Crippen LogP contribution in [0.4, 0.5) is 0 Å². The fourth-order valence-electron chi connectivity index (χ4n) is 2.86. The highest BCUT2D eigenvalue weighted by Gasteiger charge is 2.07. The van der Waals surface area contributed by atoms with Crippen molar-refractivity contribution < 1.29 is 13.9 Å². The number of carbonyl (C=O) groups is 1. The van der Waals surface area contributed by atoms with Gasteiger partial charge in [-0.3, -0.25) is 9.79 Å². The number of esters is 1. The van der Waals surface area contributed by atoms with Crippen molar-refractivity contribution in [3.63, 3.8) is 0 Å². The maximum absolute atomic E-state index is 11.3. The van der Waals surface area contributed by atoms with Crippen LogP contribution in [0.5, 0.6) is 0 Å². The minimum Gasteiger partial charge on any atom is -0.466 e. The zero-order chi connectivity index (χ0) is 20.7. The van der Waals surface area contributed by atoms with Crippen LogP contribution < -0.4 is 10.6 Å². The highest BCUT2D eigenvalue weighted by Crippen LogP contribution is 2.17. The molecule has 0 atom stereocenters. The Labute approximate surface area is 173 Å². The summed E-state index contributed by atoms with van der Waals surface area (Å²) in [6.07, 6.45) is 7.45. The Bertz CT molecular complexity index is 744. The van der Waals surface area contributed by atoms with Gasteiger partial charge in [0.2, 0.25) is 5.89 Å². The van der Waals surface area contributed by atoms with Crippen LogP contribution in [0, 0.1) is 0 Å². The van der Waals surface area contributed by atoms with Gasteiger partial charge in [0.05, 0.1) is 18.8 Å². The average molecular weight is 401 g/mol. The Hall–Kier alpha value is -2.83. The number of benzene rings is 1. The van der Waals surface area contributed by atoms with Crippen molar-refractivity contribution in [2.45, 2.75) is 52.0 Å². The molecular weight excluding hydrogens is 368 g/mol. The second-order valence-electron chi connectivity index (χ2n) is 6.69. The van der Waals surface area contributed by atoms with E-state index in [1.165, 1.54) is 0 Å². The zero-order valence-corrected chi connectivity index (χ0v) is 17.4. The van der Waals surface area contributed by atoms with Gasteiger partial charge in [0.1, 0.15) is 6.26 Å². The molecule has 1 aromatic carbocycles. The first-order valence-electron chi connectivity index (χ1n) is 10.3. The minimum atomic E-state index is -0.0907. The summed E-state index contributed by atoms with van der Waals surface area (Å²) in [6, 6.07) is 9.84. The van der Waals surface area contributed by atoms with Crippen molar-refractivity contribution in [3.8, 4) is 11.5 Å². The molecule has 0 bridgehead atoms. The van der Waals surface area contributed by atoms with Gasteiger partial charge < -0.3 is 19.8 Å². The van der Waals surface area contributed by atoms with Gasteiger partial charge in [-0.05, 0) is 31.9 Å². The van der Waals surface area contributed by atoms with Gasteiger partial charge in [-0.1, -0.05) is 37.5 Å². The van der Waals surface area contributed by atoms with Gasteiger partial charge in [0, 0.05) is 25.6 Å². The molecule has 7 nitrogen and oxygen atoms in total. The first-order chi connectivity index (χ1) is 14.2. The van der Waals surface area contributed by atoms with Crippen LogP contribution in [0.1, 0.15) is 51.1 Å². The summed E-state index contributed by atoms with van der Waals surface area (Å²) in [7, 11) is 1.75. The number of aliphatic imine (C=N–C) groups is 1. The molecule has 0 aliphatic rings. The summed E-state index contributed by atoms with van der Waals surface area (Å²) in [5.74, 6) is 1.27. The van der Waals surface area contributed by atoms with Crippen molar-refractivity contribution in [1.82, 2.24) is 15.6 Å². The van der Waals surface area contributed by atoms with Gasteiger partial charge in [-0.25, -0.2) is 4.98 Å². The molecule has 0 unspecified atom stereocenters. The Morgan fingerprint density at radius 3 is 2.62 bits per heavy atom. The summed E-state index contributed by atoms with van der Waals surface area (Å²) >= 11 is 0. The molecule has 7 heteroatoms. The predicted octanol–water partition coefficient (Wildman–Crippen LogP) is 3.91. The Kier molecular flexibility index (Phi) is 10.3. The molecule has 0 radical (unpaired) electrons. The summed E-state index contributed by atoms with van der Waals surface area (Å²) in [5, 5.41) is 6.56. The number of guanidine groups is 1. The molecule has 0 spiro atoms. The van der Waals surface area contributed by atoms with E-state index in [9.17, 15) is 4.79 Å². The number of aromatic nitrogens is 1. The lowest BCUT2D eigenvalue weighted by Crippen LogP contribution is -2.37. The van der Waals surface area contributed by atoms with E-state index in [0.717, 1.165) is 55.9 Å². The number of oxazole rings is 1. The maximum Gasteiger partial charge on any atom is 0.305 e. The number of hydrogen-bond acceptors (Lipinski definition) is 5. The number of unbranched alkanes of at least 4 members (excludes halogenated alkanes) is 4. The highest BCUT2D eigenvalue weighted by atomic mass is 16.5. The van der Waals surface area contributed by atoms with Crippen LogP contribution in [0.2, 0.25) is 0 Å². The number of hydrogen-bond donors (Lipinski definition) is 2. The number of ether oxygens (including phenoxy) is 1. The van der Waals surface area contributed by atoms with E-state index in [1.807, 2.05) is 37.3 Å². The standard InChI is InChI=1S/C22H32N4O3/c1-3-28-20(27)14-10-5-4-6-11-15-24-22(23-2)25-16-19-17-29-21(26-19)18-12-8-7-9-13-18/h7-9,12-13,17H,3-6,10-11,14-16H2,1-2H3,(H2,23,24,25). The third-order valence-electron chi connectivity index (χ3n) is 4.39. The number of nitrogens with zero attached hydrogens (tertiary/aromatic N) is 2. The third-order valence-corrected chi connectivity index (χ3v) is 4.39. The lowest BCUT2D eigenvalue weighted by Gasteiger charge is -2.10. The van der Waals surface area contributed by atoms with E-state index in [2.05, 4.69) is 20.6 Å². The Balaban J connectivity index is 1.57. The van der Waals surface area contributed by atoms with Gasteiger partial charge in [0.15, 0.2) is 5.96 Å². The van der Waals surface area contributed by atoms with Crippen molar-refractivity contribution in [3.05, 3.63) is 42.3 Å². The molecule has 1 heterocycles. The fourth-order valence-corrected chi connectivity index (χ4v) is 2.86. The minimum absolute atomic E-state index is 0.0907. The van der Waals surface area contributed by atoms with Crippen LogP contribution in [-0.4, -0.2) is 37.1 Å². The average Bonchev–Trinajstić information content (AvgIpc) is 3.22. The molecule has 0 aliphatic heterocycles. The predicted molar refractivity (Wildman–Crippen MR) is 114 cm³/mol. The monoisotopic (exact) mass is 400 g/mol. The van der Waals surface area contributed by atoms with Crippen LogP contribution in [0.25, 0.3) is 11.5 Å². The second-order valence-corrected chi connectivity index (χ2v) is 6.69. The van der Waals surface area contributed by atoms with E-state index in [0.29, 0.717) is 25.5 Å². The molecule has 1 aromatic heterocycles. The maximum atomic E-state index is 11.3. The van der Waals surface area contributed by atoms with E-state index < -0.39 is 0 Å². The first kappa shape index (κ1) is 22.5. The summed E-state index contributed by atoms with van der Waals surface area (Å²) < 4.78 is 10.5. The van der Waals surface area contributed by atoms with Gasteiger partial charge >= 0.3 is 5.97 Å². The molecule has 2 rings (SSSR count). The number of nitrogens with one attached hydrogen (secondary N) is 2. The van der Waals surface area contributed by atoms with Crippen molar-refractivity contribution in [2.75, 3.05) is 20.2 Å². The van der Waals surface area contributed by atoms with Gasteiger partial charge in [-0.15, -0.1) is 0 Å². The normalized spacial score (nSPS) is 11.3. The first-order valence-corrected chi connectivity index (χ1v) is 10.3. The topological polar surface area (TPSA) is 88.8 Å². The zero-order valence-electron chi connectivity index (χ0n) is 17.4. The fraction of sp³-hybridized carbons (Fsp3) is 0.500. The van der Waals surface area contributed by atoms with Gasteiger partial charge in [0.25, 0.3) is 0 Å². The third kappa shape index (κ3) is 8.81. The lowest BCUT2D eigenvalue weighted by atomic mass is 10.1. The summed E-state index contributed by atoms with van der Waals surface area (Å²) in [6.45, 7) is 3.70. The van der Waals surface area contributed by atoms with Crippen LogP contribution >= 0.6 is 0 Å². The molecular formula is C22H32N4O3. The Morgan fingerprint density at radius 1 is 1.10 bits per heavy atom. The van der Waals surface area contributed by atoms with Crippen molar-refractivity contribution >= 4 is 11.9 Å². The van der Waals surface area contributed by atoms with Crippen LogP contribution in [0.3, 0.4) is 0 Å². The Morgan fingerprint density at radius 2 is 1.86 bits per heavy atom. The molecule has 0 fully saturated rings. The number of carbonyl (C=O) groups excluding carboxylic acids is 1. The van der Waals surface area contributed by atoms with Crippen molar-refractivity contribution in [1.29, 1.82) is 0 Å². The van der Waals surface area contributed by atoms with Crippen LogP contribution in [-0.2, 0) is 16.1 Å². The summed E-state index contributed by atoms with van der Waals surface area (Å²) in [5.41, 5.74) is 1.79. The molecule has 2 N–H and O–H groups in total. The van der Waals surface area contributed by atoms with E-state index in [4.69, 9.17) is 9.15 Å². The van der Waals surface area contributed by atoms with Crippen molar-refractivity contribution in [2.24, 2.45) is 4.99 Å². The second kappa shape index (κ2) is 13.4. The molecule has 158 valence electrons. The highest BCUT2D eigenvalue weighted by molar-refractivity contribution is 5.79. The molecule has 0 saturated heterocycles. The molecule has 0 saturated carbocycles. The molecule has 0 aliphatic carbocycles. The van der Waals surface area contributed by atoms with E-state index in [1.54, 1.807) is 13.3 Å². The quantitative estimate of drug-likeness (QED) is 0.243. The smallest absolute Gasteiger partial charge is 0.305 e. The lowest BCUT2D eigenvalue weighted by molar-refractivity contribution is -0.143. The molecule has 0 amide bonds. The number of rotatable bonds is 12.